The fraction of sp³-hybridized carbons (Fsp3) is 0.321. The fourth-order valence-corrected chi connectivity index (χ4v) is 4.98. The molecular formula is C28H31N5O. The number of para-hydroxylation sites is 1. The normalized spacial score (nSPS) is 15.9. The van der Waals surface area contributed by atoms with Gasteiger partial charge in [0.25, 0.3) is 0 Å². The third-order valence-corrected chi connectivity index (χ3v) is 6.68. The number of aromatic nitrogens is 3. The maximum atomic E-state index is 12.8. The minimum absolute atomic E-state index is 0.131. The number of nitrogens with zero attached hydrogens (tertiary/aromatic N) is 5. The summed E-state index contributed by atoms with van der Waals surface area (Å²) in [7, 11) is 0. The molecule has 3 heterocycles. The maximum absolute atomic E-state index is 12.8. The Morgan fingerprint density at radius 3 is 2.65 bits per heavy atom. The molecule has 1 saturated heterocycles. The summed E-state index contributed by atoms with van der Waals surface area (Å²) in [6.45, 7) is 7.32. The van der Waals surface area contributed by atoms with E-state index in [-0.39, 0.29) is 11.8 Å². The Morgan fingerprint density at radius 2 is 1.85 bits per heavy atom. The van der Waals surface area contributed by atoms with E-state index >= 15 is 0 Å². The van der Waals surface area contributed by atoms with Crippen LogP contribution in [0, 0.1) is 0 Å². The van der Waals surface area contributed by atoms with Crippen LogP contribution >= 0.6 is 0 Å². The third kappa shape index (κ3) is 4.46. The number of anilines is 1. The molecular weight excluding hydrogens is 422 g/mol. The number of rotatable bonds is 6. The number of hydrogen-bond acceptors (Lipinski definition) is 5. The average molecular weight is 454 g/mol. The first-order valence-corrected chi connectivity index (χ1v) is 12.1. The summed E-state index contributed by atoms with van der Waals surface area (Å²) in [4.78, 5) is 22.2. The number of Topliss-reactive ketones (excluding diaryl/α,β-unsaturated/α-hetero) is 1. The summed E-state index contributed by atoms with van der Waals surface area (Å²) in [5, 5.41) is 5.97. The van der Waals surface area contributed by atoms with Crippen molar-refractivity contribution in [3.63, 3.8) is 0 Å². The Morgan fingerprint density at radius 1 is 1.00 bits per heavy atom. The molecule has 0 saturated carbocycles. The van der Waals surface area contributed by atoms with E-state index in [1.165, 1.54) is 16.6 Å². The van der Waals surface area contributed by atoms with Crippen molar-refractivity contribution in [2.75, 3.05) is 31.1 Å². The van der Waals surface area contributed by atoms with Crippen molar-refractivity contribution in [3.8, 4) is 5.69 Å². The molecule has 1 fully saturated rings. The van der Waals surface area contributed by atoms with E-state index in [4.69, 9.17) is 10.1 Å². The maximum Gasteiger partial charge on any atom is 0.153 e. The number of aryl methyl sites for hydroxylation is 1. The van der Waals surface area contributed by atoms with Crippen molar-refractivity contribution in [3.05, 3.63) is 84.3 Å². The number of ketones is 1. The van der Waals surface area contributed by atoms with E-state index in [1.54, 1.807) is 6.92 Å². The molecule has 6 nitrogen and oxygen atoms in total. The smallest absolute Gasteiger partial charge is 0.153 e. The minimum Gasteiger partial charge on any atom is -0.368 e. The average Bonchev–Trinajstić information content (AvgIpc) is 3.22. The molecule has 0 aliphatic carbocycles. The summed E-state index contributed by atoms with van der Waals surface area (Å²) in [6.07, 6.45) is 5.79. The summed E-state index contributed by atoms with van der Waals surface area (Å²) in [6, 6.07) is 20.3. The van der Waals surface area contributed by atoms with Crippen LogP contribution in [0.3, 0.4) is 0 Å². The van der Waals surface area contributed by atoms with Gasteiger partial charge in [-0.3, -0.25) is 14.7 Å². The lowest BCUT2D eigenvalue weighted by atomic mass is 10.1. The Labute approximate surface area is 200 Å². The van der Waals surface area contributed by atoms with Crippen molar-refractivity contribution in [2.45, 2.75) is 32.7 Å². The SMILES string of the molecule is CCc1cc(N2CCCN(C(C(C)=O)c3ccn(-c4ccccc4)n3)CC2)c2ncccc2c1. The number of hydrogen-bond donors (Lipinski definition) is 0. The van der Waals surface area contributed by atoms with Crippen LogP contribution in [0.1, 0.15) is 37.6 Å². The molecule has 0 N–H and O–H groups in total. The largest absolute Gasteiger partial charge is 0.368 e. The first kappa shape index (κ1) is 22.3. The van der Waals surface area contributed by atoms with Gasteiger partial charge in [-0.05, 0) is 61.7 Å². The summed E-state index contributed by atoms with van der Waals surface area (Å²) in [5.41, 5.74) is 5.38. The molecule has 2 aromatic heterocycles. The highest BCUT2D eigenvalue weighted by Crippen LogP contribution is 2.30. The van der Waals surface area contributed by atoms with Gasteiger partial charge in [0.05, 0.1) is 22.6 Å². The van der Waals surface area contributed by atoms with Gasteiger partial charge in [0, 0.05) is 44.0 Å². The summed E-state index contributed by atoms with van der Waals surface area (Å²) >= 11 is 0. The first-order chi connectivity index (χ1) is 16.6. The third-order valence-electron chi connectivity index (χ3n) is 6.68. The second-order valence-electron chi connectivity index (χ2n) is 8.95. The summed E-state index contributed by atoms with van der Waals surface area (Å²) in [5.74, 6) is 0.131. The second kappa shape index (κ2) is 9.77. The van der Waals surface area contributed by atoms with Gasteiger partial charge < -0.3 is 4.90 Å². The van der Waals surface area contributed by atoms with Gasteiger partial charge >= 0.3 is 0 Å². The van der Waals surface area contributed by atoms with Crippen molar-refractivity contribution in [2.24, 2.45) is 0 Å². The van der Waals surface area contributed by atoms with Gasteiger partial charge in [-0.2, -0.15) is 5.10 Å². The van der Waals surface area contributed by atoms with Crippen molar-refractivity contribution in [1.82, 2.24) is 19.7 Å². The quantitative estimate of drug-likeness (QED) is 0.419. The highest BCUT2D eigenvalue weighted by atomic mass is 16.1. The monoisotopic (exact) mass is 453 g/mol. The molecule has 0 radical (unpaired) electrons. The van der Waals surface area contributed by atoms with Gasteiger partial charge in [0.15, 0.2) is 5.78 Å². The van der Waals surface area contributed by atoms with Crippen LogP contribution in [0.2, 0.25) is 0 Å². The zero-order valence-corrected chi connectivity index (χ0v) is 19.9. The molecule has 2 aromatic carbocycles. The number of fused-ring (bicyclic) bond motifs is 1. The van der Waals surface area contributed by atoms with E-state index in [2.05, 4.69) is 34.9 Å². The van der Waals surface area contributed by atoms with E-state index in [9.17, 15) is 4.79 Å². The Bertz CT molecular complexity index is 1280. The molecule has 4 aromatic rings. The van der Waals surface area contributed by atoms with E-state index in [1.807, 2.05) is 59.5 Å². The lowest BCUT2D eigenvalue weighted by molar-refractivity contribution is -0.122. The Kier molecular flexibility index (Phi) is 6.41. The van der Waals surface area contributed by atoms with E-state index < -0.39 is 0 Å². The van der Waals surface area contributed by atoms with E-state index in [0.29, 0.717) is 0 Å². The van der Waals surface area contributed by atoms with Gasteiger partial charge in [-0.25, -0.2) is 4.68 Å². The highest BCUT2D eigenvalue weighted by Gasteiger charge is 2.29. The predicted octanol–water partition coefficient (Wildman–Crippen LogP) is 4.83. The lowest BCUT2D eigenvalue weighted by Crippen LogP contribution is -2.37. The molecule has 34 heavy (non-hydrogen) atoms. The summed E-state index contributed by atoms with van der Waals surface area (Å²) < 4.78 is 1.85. The van der Waals surface area contributed by atoms with Crippen LogP contribution in [0.5, 0.6) is 0 Å². The molecule has 0 spiro atoms. The number of pyridine rings is 1. The van der Waals surface area contributed by atoms with Crippen molar-refractivity contribution in [1.29, 1.82) is 0 Å². The predicted molar refractivity (Wildman–Crippen MR) is 137 cm³/mol. The van der Waals surface area contributed by atoms with Crippen LogP contribution in [0.15, 0.2) is 73.1 Å². The topological polar surface area (TPSA) is 54.3 Å². The number of benzene rings is 2. The number of carbonyl (C=O) groups excluding carboxylic acids is 1. The second-order valence-corrected chi connectivity index (χ2v) is 8.95. The van der Waals surface area contributed by atoms with Crippen LogP contribution < -0.4 is 4.90 Å². The molecule has 6 heteroatoms. The molecule has 1 unspecified atom stereocenters. The molecule has 0 bridgehead atoms. The van der Waals surface area contributed by atoms with E-state index in [0.717, 1.165) is 55.9 Å². The molecule has 5 rings (SSSR count). The molecule has 1 aliphatic heterocycles. The van der Waals surface area contributed by atoms with Gasteiger partial charge in [-0.15, -0.1) is 0 Å². The Balaban J connectivity index is 1.39. The first-order valence-electron chi connectivity index (χ1n) is 12.1. The zero-order valence-electron chi connectivity index (χ0n) is 19.9. The number of carbonyl (C=O) groups is 1. The minimum atomic E-state index is -0.332. The molecule has 1 aliphatic rings. The van der Waals surface area contributed by atoms with Crippen LogP contribution in [0.4, 0.5) is 5.69 Å². The van der Waals surface area contributed by atoms with Crippen LogP contribution in [-0.2, 0) is 11.2 Å². The molecule has 0 amide bonds. The molecule has 1 atom stereocenters. The van der Waals surface area contributed by atoms with Gasteiger partial charge in [0.1, 0.15) is 6.04 Å². The standard InChI is InChI=1S/C28H31N5O/c1-3-22-19-23-9-7-13-29-27(23)26(20-22)31-14-8-15-32(18-17-31)28(21(2)34)25-12-16-33(30-25)24-10-5-4-6-11-24/h4-7,9-13,16,19-20,28H,3,8,14-15,17-18H2,1-2H3. The fourth-order valence-electron chi connectivity index (χ4n) is 4.98. The highest BCUT2D eigenvalue weighted by molar-refractivity contribution is 5.91. The molecule has 174 valence electrons. The lowest BCUT2D eigenvalue weighted by Gasteiger charge is -2.28. The zero-order chi connectivity index (χ0) is 23.5. The van der Waals surface area contributed by atoms with Crippen LogP contribution in [-0.4, -0.2) is 51.6 Å². The van der Waals surface area contributed by atoms with Gasteiger partial charge in [0.2, 0.25) is 0 Å². The Hall–Kier alpha value is -3.51. The van der Waals surface area contributed by atoms with Gasteiger partial charge in [-0.1, -0.05) is 31.2 Å². The van der Waals surface area contributed by atoms with Crippen molar-refractivity contribution >= 4 is 22.4 Å². The van der Waals surface area contributed by atoms with Crippen LogP contribution in [0.25, 0.3) is 16.6 Å². The van der Waals surface area contributed by atoms with Crippen molar-refractivity contribution < 1.29 is 4.79 Å².